The van der Waals surface area contributed by atoms with Gasteiger partial charge in [-0.1, -0.05) is 0 Å². The van der Waals surface area contributed by atoms with Gasteiger partial charge in [-0.2, -0.15) is 0 Å². The maximum absolute atomic E-state index is 0. The third-order valence-electron chi connectivity index (χ3n) is 0. The van der Waals surface area contributed by atoms with Gasteiger partial charge in [0.25, 0.3) is 0 Å². The van der Waals surface area contributed by atoms with E-state index in [4.69, 9.17) is 0 Å². The predicted molar refractivity (Wildman–Crippen MR) is 18.5 cm³/mol. The van der Waals surface area contributed by atoms with Gasteiger partial charge in [0, 0.05) is 36.5 Å². The second kappa shape index (κ2) is 20.2. The molecule has 0 spiro atoms. The van der Waals surface area contributed by atoms with E-state index in [1.807, 2.05) is 0 Å². The number of rotatable bonds is 0. The maximum atomic E-state index is 0. The molecule has 0 atom stereocenters. The summed E-state index contributed by atoms with van der Waals surface area (Å²) in [6.45, 7) is 0. The Balaban J connectivity index is 0. The topological polar surface area (TPSA) is 0 Å². The number of hydrogen-bond acceptors (Lipinski definition) is 0. The second-order valence-electron chi connectivity index (χ2n) is 0. The summed E-state index contributed by atoms with van der Waals surface area (Å²) in [6.07, 6.45) is 0. The van der Waals surface area contributed by atoms with E-state index in [2.05, 4.69) is 0 Å². The van der Waals surface area contributed by atoms with Crippen molar-refractivity contribution in [2.24, 2.45) is 0 Å². The van der Waals surface area contributed by atoms with Crippen LogP contribution in [-0.2, 0) is 36.5 Å². The van der Waals surface area contributed by atoms with Gasteiger partial charge >= 0.3 is 23.1 Å². The van der Waals surface area contributed by atoms with Gasteiger partial charge in [0.1, 0.15) is 0 Å². The normalized spacial score (nSPS) is 0. The Morgan fingerprint density at radius 1 is 1.00 bits per heavy atom. The molecule has 20 valence electrons. The van der Waals surface area contributed by atoms with Crippen LogP contribution in [0.5, 0.6) is 0 Å². The van der Waals surface area contributed by atoms with E-state index in [-0.39, 0.29) is 68.0 Å². The zero-order valence-corrected chi connectivity index (χ0v) is 5.13. The summed E-state index contributed by atoms with van der Waals surface area (Å²) in [5.41, 5.74) is 0. The summed E-state index contributed by atoms with van der Waals surface area (Å²) in [5.74, 6) is 0. The fourth-order valence-electron chi connectivity index (χ4n) is 0. The summed E-state index contributed by atoms with van der Waals surface area (Å²) in [7, 11) is 0. The van der Waals surface area contributed by atoms with Crippen LogP contribution in [0.25, 0.3) is 0 Å². The van der Waals surface area contributed by atoms with E-state index in [0.717, 1.165) is 0 Å². The Morgan fingerprint density at radius 3 is 1.00 bits per heavy atom. The summed E-state index contributed by atoms with van der Waals surface area (Å²) >= 11 is 0. The summed E-state index contributed by atoms with van der Waals surface area (Å²) in [6, 6.07) is 0. The molecular weight excluding hydrogens is 156 g/mol. The molecule has 0 aliphatic heterocycles. The number of hydrogen-bond donors (Lipinski definition) is 0. The average Bonchev–Trinajstić information content (AvgIpc) is 0. The zero-order valence-electron chi connectivity index (χ0n) is 1.06. The fraction of sp³-hybridized carbons (Fsp3) is 0. The van der Waals surface area contributed by atoms with Crippen molar-refractivity contribution >= 4 is 31.5 Å². The van der Waals surface area contributed by atoms with Crippen LogP contribution >= 0.6 is 0 Å². The van der Waals surface area contributed by atoms with Crippen molar-refractivity contribution in [2.75, 3.05) is 0 Å². The minimum atomic E-state index is 0. The Labute approximate surface area is 67.4 Å². The molecule has 0 N–H and O–H groups in total. The molecule has 0 radical (unpaired) electrons. The molecule has 0 amide bonds. The van der Waals surface area contributed by atoms with Crippen LogP contribution < -0.4 is 0 Å². The molecule has 0 aliphatic carbocycles. The Hall–Kier alpha value is 1.97. The van der Waals surface area contributed by atoms with Gasteiger partial charge < -0.3 is 0 Å². The van der Waals surface area contributed by atoms with Crippen LogP contribution in [0.4, 0.5) is 0 Å². The van der Waals surface area contributed by atoms with Gasteiger partial charge in [-0.05, 0) is 0 Å². The molecule has 0 rings (SSSR count). The van der Waals surface area contributed by atoms with Crippen LogP contribution in [0.2, 0.25) is 0 Å². The maximum Gasteiger partial charge on any atom is 0.316 e. The first-order chi connectivity index (χ1) is 0. The van der Waals surface area contributed by atoms with Gasteiger partial charge in [-0.3, -0.25) is 0 Å². The van der Waals surface area contributed by atoms with E-state index in [9.17, 15) is 0 Å². The van der Waals surface area contributed by atoms with Crippen molar-refractivity contribution in [1.29, 1.82) is 0 Å². The smallest absolute Gasteiger partial charge is 0 e. The third-order valence-corrected chi connectivity index (χ3v) is 0. The van der Waals surface area contributed by atoms with Crippen molar-refractivity contribution in [1.82, 2.24) is 0 Å². The van der Waals surface area contributed by atoms with Gasteiger partial charge in [-0.15, -0.1) is 0 Å². The van der Waals surface area contributed by atoms with Crippen molar-refractivity contribution in [3.8, 4) is 0 Å². The molecule has 4 heavy (non-hydrogen) atoms. The van der Waals surface area contributed by atoms with Gasteiger partial charge in [0.2, 0.25) is 0 Å². The minimum Gasteiger partial charge on any atom is 0 e. The molecule has 0 bridgehead atoms. The molecule has 0 fully saturated rings. The SMILES string of the molecule is B.[Fe].[MgH2].[Zn]. The summed E-state index contributed by atoms with van der Waals surface area (Å²) < 4.78 is 0. The van der Waals surface area contributed by atoms with Crippen molar-refractivity contribution in [3.63, 3.8) is 0 Å². The van der Waals surface area contributed by atoms with Crippen LogP contribution in [0.1, 0.15) is 0 Å². The molecule has 0 aromatic rings. The van der Waals surface area contributed by atoms with Crippen LogP contribution in [0.15, 0.2) is 0 Å². The van der Waals surface area contributed by atoms with Crippen LogP contribution in [0, 0.1) is 0 Å². The first kappa shape index (κ1) is 37.9. The van der Waals surface area contributed by atoms with E-state index < -0.39 is 0 Å². The first-order valence-corrected chi connectivity index (χ1v) is 0. The molecule has 0 nitrogen and oxygen atoms in total. The standard InChI is InChI=1S/BH3.Fe.Mg.Zn.2H/h1H3;;;;;. The molecule has 0 saturated heterocycles. The van der Waals surface area contributed by atoms with Gasteiger partial charge in [0.15, 0.2) is 0 Å². The molecule has 0 unspecified atom stereocenters. The van der Waals surface area contributed by atoms with Crippen molar-refractivity contribution in [2.45, 2.75) is 0 Å². The summed E-state index contributed by atoms with van der Waals surface area (Å²) in [5, 5.41) is 0. The van der Waals surface area contributed by atoms with Crippen molar-refractivity contribution in [3.05, 3.63) is 0 Å². The first-order valence-electron chi connectivity index (χ1n) is 0. The van der Waals surface area contributed by atoms with Crippen LogP contribution in [0.3, 0.4) is 0 Å². The summed E-state index contributed by atoms with van der Waals surface area (Å²) in [4.78, 5) is 0. The van der Waals surface area contributed by atoms with Crippen molar-refractivity contribution < 1.29 is 36.5 Å². The van der Waals surface area contributed by atoms with E-state index in [1.54, 1.807) is 0 Å². The Kier molecular flexibility index (Phi) is 191. The molecule has 0 heterocycles. The second-order valence-corrected chi connectivity index (χ2v) is 0. The average molecular weight is 161 g/mol. The molecule has 0 aliphatic rings. The minimum absolute atomic E-state index is 0. The zero-order chi connectivity index (χ0) is 0. The monoisotopic (exact) mass is 160 g/mol. The van der Waals surface area contributed by atoms with E-state index in [1.165, 1.54) is 0 Å². The Morgan fingerprint density at radius 2 is 1.00 bits per heavy atom. The molecule has 4 heteroatoms. The quantitative estimate of drug-likeness (QED) is 0.357. The van der Waals surface area contributed by atoms with E-state index in [0.29, 0.717) is 0 Å². The van der Waals surface area contributed by atoms with E-state index >= 15 is 0 Å². The largest absolute Gasteiger partial charge is 0.316 e. The van der Waals surface area contributed by atoms with Crippen LogP contribution in [-0.4, -0.2) is 31.5 Å². The molecule has 0 aromatic carbocycles. The molecular formula is H5BFeMgZn. The molecule has 0 saturated carbocycles. The fourth-order valence-corrected chi connectivity index (χ4v) is 0. The predicted octanol–water partition coefficient (Wildman–Crippen LogP) is -2.11. The molecule has 0 aromatic heterocycles. The third kappa shape index (κ3) is 9.02. The van der Waals surface area contributed by atoms with Gasteiger partial charge in [-0.25, -0.2) is 0 Å². The Bertz CT molecular complexity index is 8.00. The van der Waals surface area contributed by atoms with Gasteiger partial charge in [0.05, 0.1) is 8.41 Å².